The van der Waals surface area contributed by atoms with Crippen LogP contribution in [0.15, 0.2) is 18.3 Å². The van der Waals surface area contributed by atoms with Crippen LogP contribution >= 0.6 is 0 Å². The highest BCUT2D eigenvalue weighted by Crippen LogP contribution is 2.20. The van der Waals surface area contributed by atoms with Gasteiger partial charge in [-0.1, -0.05) is 0 Å². The Labute approximate surface area is 122 Å². The Balaban J connectivity index is 2.17. The summed E-state index contributed by atoms with van der Waals surface area (Å²) in [5.74, 6) is -0.932. The lowest BCUT2D eigenvalue weighted by molar-refractivity contribution is -0.139. The van der Waals surface area contributed by atoms with Crippen molar-refractivity contribution in [1.29, 1.82) is 5.26 Å². The summed E-state index contributed by atoms with van der Waals surface area (Å²) in [5, 5.41) is 17.8. The molecule has 1 aromatic heterocycles. The van der Waals surface area contributed by atoms with Crippen LogP contribution in [-0.4, -0.2) is 53.5 Å². The lowest BCUT2D eigenvalue weighted by atomic mass is 10.1. The summed E-state index contributed by atoms with van der Waals surface area (Å²) in [5.41, 5.74) is 0.994. The number of carboxylic acids is 1. The summed E-state index contributed by atoms with van der Waals surface area (Å²) in [6.07, 6.45) is 1.92. The maximum atomic E-state index is 11.6. The number of carboxylic acid groups (broad SMARTS) is 1. The first-order valence-electron chi connectivity index (χ1n) is 6.41. The lowest BCUT2D eigenvalue weighted by Crippen LogP contribution is -2.39. The van der Waals surface area contributed by atoms with E-state index in [4.69, 9.17) is 10.4 Å². The van der Waals surface area contributed by atoms with Crippen LogP contribution in [0.3, 0.4) is 0 Å². The Morgan fingerprint density at radius 2 is 2.33 bits per heavy atom. The highest BCUT2D eigenvalue weighted by Gasteiger charge is 2.33. The Hall–Kier alpha value is -1.98. The van der Waals surface area contributed by atoms with Gasteiger partial charge < -0.3 is 5.11 Å². The summed E-state index contributed by atoms with van der Waals surface area (Å²) < 4.78 is 23.1. The molecule has 0 amide bonds. The molecule has 7 nitrogen and oxygen atoms in total. The molecule has 1 saturated heterocycles. The van der Waals surface area contributed by atoms with Gasteiger partial charge in [0.15, 0.2) is 9.84 Å². The van der Waals surface area contributed by atoms with Crippen LogP contribution in [0.5, 0.6) is 0 Å². The summed E-state index contributed by atoms with van der Waals surface area (Å²) in [6.45, 7) is 0.0497. The largest absolute Gasteiger partial charge is 0.480 e. The van der Waals surface area contributed by atoms with Crippen molar-refractivity contribution in [1.82, 2.24) is 9.88 Å². The van der Waals surface area contributed by atoms with Crippen LogP contribution in [0.2, 0.25) is 0 Å². The number of aromatic nitrogens is 1. The number of carbonyl (C=O) groups is 1. The first-order chi connectivity index (χ1) is 9.89. The monoisotopic (exact) mass is 309 g/mol. The molecule has 1 N–H and O–H groups in total. The van der Waals surface area contributed by atoms with Crippen LogP contribution in [0.1, 0.15) is 17.7 Å². The van der Waals surface area contributed by atoms with E-state index in [9.17, 15) is 13.2 Å². The Bertz CT molecular complexity index is 681. The SMILES string of the molecule is N#Cc1cc(CN(CC(=O)O)C2CCS(=O)(=O)C2)ccn1. The molecule has 1 unspecified atom stereocenters. The second kappa shape index (κ2) is 6.20. The fourth-order valence-electron chi connectivity index (χ4n) is 2.42. The molecule has 0 aromatic carbocycles. The van der Waals surface area contributed by atoms with Crippen LogP contribution in [0.4, 0.5) is 0 Å². The van der Waals surface area contributed by atoms with Crippen molar-refractivity contribution >= 4 is 15.8 Å². The Morgan fingerprint density at radius 3 is 2.90 bits per heavy atom. The first-order valence-corrected chi connectivity index (χ1v) is 8.23. The number of nitriles is 1. The molecule has 1 aliphatic heterocycles. The Morgan fingerprint density at radius 1 is 1.57 bits per heavy atom. The van der Waals surface area contributed by atoms with Gasteiger partial charge in [0, 0.05) is 18.8 Å². The third kappa shape index (κ3) is 4.24. The van der Waals surface area contributed by atoms with Gasteiger partial charge >= 0.3 is 5.97 Å². The van der Waals surface area contributed by atoms with Crippen molar-refractivity contribution in [2.75, 3.05) is 18.1 Å². The molecule has 21 heavy (non-hydrogen) atoms. The van der Waals surface area contributed by atoms with Gasteiger partial charge in [0.1, 0.15) is 11.8 Å². The zero-order valence-electron chi connectivity index (χ0n) is 11.3. The minimum absolute atomic E-state index is 0.0174. The fourth-order valence-corrected chi connectivity index (χ4v) is 4.18. The number of aliphatic carboxylic acids is 1. The van der Waals surface area contributed by atoms with Gasteiger partial charge in [0.05, 0.1) is 18.1 Å². The van der Waals surface area contributed by atoms with E-state index in [1.54, 1.807) is 17.0 Å². The third-order valence-corrected chi connectivity index (χ3v) is 5.14. The number of rotatable bonds is 5. The van der Waals surface area contributed by atoms with Crippen LogP contribution in [0.25, 0.3) is 0 Å². The maximum absolute atomic E-state index is 11.6. The molecule has 1 aromatic rings. The van der Waals surface area contributed by atoms with Gasteiger partial charge in [-0.05, 0) is 24.1 Å². The van der Waals surface area contributed by atoms with Crippen molar-refractivity contribution in [2.24, 2.45) is 0 Å². The molecule has 112 valence electrons. The van der Waals surface area contributed by atoms with E-state index in [0.29, 0.717) is 6.42 Å². The average Bonchev–Trinajstić information content (AvgIpc) is 2.78. The predicted molar refractivity (Wildman–Crippen MR) is 74.1 cm³/mol. The minimum atomic E-state index is -3.08. The van der Waals surface area contributed by atoms with Crippen molar-refractivity contribution in [3.63, 3.8) is 0 Å². The molecule has 0 aliphatic carbocycles. The molecular weight excluding hydrogens is 294 g/mol. The highest BCUT2D eigenvalue weighted by molar-refractivity contribution is 7.91. The molecule has 2 rings (SSSR count). The zero-order valence-corrected chi connectivity index (χ0v) is 12.1. The van der Waals surface area contributed by atoms with Crippen molar-refractivity contribution in [2.45, 2.75) is 19.0 Å². The van der Waals surface area contributed by atoms with E-state index in [1.165, 1.54) is 6.20 Å². The standard InChI is InChI=1S/C13H15N3O4S/c14-6-11-5-10(1-3-15-11)7-16(8-13(17)18)12-2-4-21(19,20)9-12/h1,3,5,12H,2,4,7-9H2,(H,17,18). The topological polar surface area (TPSA) is 111 Å². The summed E-state index contributed by atoms with van der Waals surface area (Å²) >= 11 is 0. The van der Waals surface area contributed by atoms with Crippen LogP contribution in [-0.2, 0) is 21.2 Å². The highest BCUT2D eigenvalue weighted by atomic mass is 32.2. The third-order valence-electron chi connectivity index (χ3n) is 3.39. The van der Waals surface area contributed by atoms with Gasteiger partial charge in [-0.25, -0.2) is 13.4 Å². The first kappa shape index (κ1) is 15.4. The van der Waals surface area contributed by atoms with Crippen LogP contribution in [0, 0.1) is 11.3 Å². The molecular formula is C13H15N3O4S. The molecule has 0 spiro atoms. The quantitative estimate of drug-likeness (QED) is 0.816. The van der Waals surface area contributed by atoms with Crippen molar-refractivity contribution in [3.05, 3.63) is 29.6 Å². The molecule has 1 atom stereocenters. The van der Waals surface area contributed by atoms with E-state index in [2.05, 4.69) is 4.98 Å². The van der Waals surface area contributed by atoms with E-state index in [0.717, 1.165) is 5.56 Å². The van der Waals surface area contributed by atoms with E-state index < -0.39 is 15.8 Å². The zero-order chi connectivity index (χ0) is 15.5. The van der Waals surface area contributed by atoms with E-state index in [1.807, 2.05) is 6.07 Å². The molecule has 8 heteroatoms. The molecule has 0 radical (unpaired) electrons. The predicted octanol–water partition coefficient (Wildman–Crippen LogP) is 0.0270. The number of nitrogens with zero attached hydrogens (tertiary/aromatic N) is 3. The maximum Gasteiger partial charge on any atom is 0.317 e. The lowest BCUT2D eigenvalue weighted by Gasteiger charge is -2.26. The normalized spacial score (nSPS) is 20.3. The molecule has 2 heterocycles. The smallest absolute Gasteiger partial charge is 0.317 e. The van der Waals surface area contributed by atoms with E-state index in [-0.39, 0.29) is 36.3 Å². The van der Waals surface area contributed by atoms with Crippen LogP contribution < -0.4 is 0 Å². The molecule has 0 saturated carbocycles. The number of sulfone groups is 1. The van der Waals surface area contributed by atoms with E-state index >= 15 is 0 Å². The van der Waals surface area contributed by atoms with Crippen molar-refractivity contribution < 1.29 is 18.3 Å². The molecule has 1 aliphatic rings. The second-order valence-corrected chi connectivity index (χ2v) is 7.25. The summed E-state index contributed by atoms with van der Waals surface area (Å²) in [6, 6.07) is 4.90. The summed E-state index contributed by atoms with van der Waals surface area (Å²) in [4.78, 5) is 16.5. The molecule has 1 fully saturated rings. The minimum Gasteiger partial charge on any atom is -0.480 e. The van der Waals surface area contributed by atoms with Gasteiger partial charge in [0.25, 0.3) is 0 Å². The van der Waals surface area contributed by atoms with Gasteiger partial charge in [0.2, 0.25) is 0 Å². The van der Waals surface area contributed by atoms with Gasteiger partial charge in [-0.15, -0.1) is 0 Å². The van der Waals surface area contributed by atoms with Gasteiger partial charge in [-0.3, -0.25) is 9.69 Å². The number of hydrogen-bond donors (Lipinski definition) is 1. The average molecular weight is 309 g/mol. The molecule has 0 bridgehead atoms. The fraction of sp³-hybridized carbons (Fsp3) is 0.462. The number of pyridine rings is 1. The van der Waals surface area contributed by atoms with Crippen molar-refractivity contribution in [3.8, 4) is 6.07 Å². The number of hydrogen-bond acceptors (Lipinski definition) is 6. The Kier molecular flexibility index (Phi) is 4.55. The summed E-state index contributed by atoms with van der Waals surface area (Å²) in [7, 11) is -3.08. The second-order valence-electron chi connectivity index (χ2n) is 5.02. The van der Waals surface area contributed by atoms with Gasteiger partial charge in [-0.2, -0.15) is 5.26 Å².